The van der Waals surface area contributed by atoms with Gasteiger partial charge in [0.05, 0.1) is 11.2 Å². The first-order chi connectivity index (χ1) is 14.3. The zero-order chi connectivity index (χ0) is 21.1. The Balaban J connectivity index is 1.54. The zero-order valence-electron chi connectivity index (χ0n) is 18.0. The lowest BCUT2D eigenvalue weighted by molar-refractivity contribution is -0.0893. The second-order valence-electron chi connectivity index (χ2n) is 9.40. The summed E-state index contributed by atoms with van der Waals surface area (Å²) in [6, 6.07) is 19.1. The van der Waals surface area contributed by atoms with Crippen molar-refractivity contribution in [3.8, 4) is 5.75 Å². The van der Waals surface area contributed by atoms with E-state index in [0.29, 0.717) is 7.48 Å². The van der Waals surface area contributed by atoms with Crippen LogP contribution in [0, 0.1) is 0 Å². The summed E-state index contributed by atoms with van der Waals surface area (Å²) >= 11 is 0. The fourth-order valence-electron chi connectivity index (χ4n) is 4.41. The Morgan fingerprint density at radius 2 is 1.73 bits per heavy atom. The van der Waals surface area contributed by atoms with Gasteiger partial charge in [0.1, 0.15) is 11.9 Å². The van der Waals surface area contributed by atoms with Crippen LogP contribution in [0.3, 0.4) is 0 Å². The van der Waals surface area contributed by atoms with Crippen LogP contribution in [0.2, 0.25) is 0 Å². The first-order valence-electron chi connectivity index (χ1n) is 10.6. The summed E-state index contributed by atoms with van der Waals surface area (Å²) in [5.74, 6) is 1.08. The third kappa shape index (κ3) is 2.98. The van der Waals surface area contributed by atoms with Gasteiger partial charge in [0, 0.05) is 17.0 Å². The summed E-state index contributed by atoms with van der Waals surface area (Å²) < 4.78 is 12.7. The maximum Gasteiger partial charge on any atom is 0.309 e. The van der Waals surface area contributed by atoms with Crippen molar-refractivity contribution in [2.45, 2.75) is 50.9 Å². The van der Waals surface area contributed by atoms with E-state index in [1.54, 1.807) is 13.8 Å². The average Bonchev–Trinajstić information content (AvgIpc) is 3.10. The number of ether oxygens (including phenoxy) is 1. The fourth-order valence-corrected chi connectivity index (χ4v) is 4.41. The van der Waals surface area contributed by atoms with E-state index in [9.17, 15) is 5.11 Å². The van der Waals surface area contributed by atoms with Gasteiger partial charge in [-0.25, -0.2) is 0 Å². The number of benzene rings is 3. The molecule has 0 amide bonds. The number of fused-ring (bicyclic) bond motifs is 7. The molecule has 0 bridgehead atoms. The van der Waals surface area contributed by atoms with Gasteiger partial charge in [0.2, 0.25) is 0 Å². The molecule has 1 aliphatic carbocycles. The van der Waals surface area contributed by atoms with Crippen LogP contribution in [0.15, 0.2) is 60.7 Å². The van der Waals surface area contributed by atoms with Crippen LogP contribution in [0.5, 0.6) is 5.75 Å². The average molecular weight is 398 g/mol. The molecule has 0 spiro atoms. The van der Waals surface area contributed by atoms with Gasteiger partial charge in [-0.3, -0.25) is 0 Å². The molecule has 0 radical (unpaired) electrons. The molecule has 1 aliphatic heterocycles. The Morgan fingerprint density at radius 1 is 0.933 bits per heavy atom. The summed E-state index contributed by atoms with van der Waals surface area (Å²) in [4.78, 5) is 0. The lowest BCUT2D eigenvalue weighted by atomic mass is 9.74. The lowest BCUT2D eigenvalue weighted by Gasteiger charge is -2.37. The molecular formula is C26H27BO3. The van der Waals surface area contributed by atoms with Crippen molar-refractivity contribution in [3.63, 3.8) is 0 Å². The summed E-state index contributed by atoms with van der Waals surface area (Å²) in [5, 5.41) is 12.9. The molecule has 152 valence electrons. The van der Waals surface area contributed by atoms with Crippen molar-refractivity contribution in [1.29, 1.82) is 0 Å². The number of aliphatic hydroxyl groups is 1. The molecule has 2 aliphatic rings. The number of hydrogen-bond donors (Lipinski definition) is 1. The van der Waals surface area contributed by atoms with E-state index >= 15 is 0 Å². The number of rotatable bonds is 4. The second kappa shape index (κ2) is 6.73. The van der Waals surface area contributed by atoms with Crippen LogP contribution in [0.25, 0.3) is 16.8 Å². The highest BCUT2D eigenvalue weighted by Crippen LogP contribution is 2.51. The van der Waals surface area contributed by atoms with Gasteiger partial charge in [-0.2, -0.15) is 0 Å². The summed E-state index contributed by atoms with van der Waals surface area (Å²) in [7, 11) is 0.434. The van der Waals surface area contributed by atoms with Crippen molar-refractivity contribution in [2.75, 3.05) is 0 Å². The first kappa shape index (κ1) is 19.4. The predicted octanol–water partition coefficient (Wildman–Crippen LogP) is 4.63. The Hall–Kier alpha value is -2.56. The maximum absolute atomic E-state index is 10.5. The van der Waals surface area contributed by atoms with Crippen molar-refractivity contribution < 1.29 is 14.5 Å². The largest absolute Gasteiger partial charge is 0.484 e. The Labute approximate surface area is 178 Å². The van der Waals surface area contributed by atoms with E-state index in [2.05, 4.69) is 60.7 Å². The van der Waals surface area contributed by atoms with Crippen LogP contribution >= 0.6 is 0 Å². The topological polar surface area (TPSA) is 38.7 Å². The molecule has 0 saturated carbocycles. The lowest BCUT2D eigenvalue weighted by Crippen LogP contribution is -2.49. The standard InChI is InChI=1S/C26H27BO3/c1-25(2,28)26(3,4)30-27-20-10-7-11-21-23(20)19-15-14-17-13-12-16-8-5-6-9-18(16)22(17)24(19)29-21/h5-15,19,24,27-28H,1-4H3. The zero-order valence-corrected chi connectivity index (χ0v) is 18.0. The van der Waals surface area contributed by atoms with Gasteiger partial charge < -0.3 is 14.5 Å². The molecule has 1 N–H and O–H groups in total. The Kier molecular flexibility index (Phi) is 4.35. The number of hydrogen-bond acceptors (Lipinski definition) is 3. The van der Waals surface area contributed by atoms with Crippen LogP contribution in [0.1, 0.15) is 56.4 Å². The van der Waals surface area contributed by atoms with Crippen molar-refractivity contribution in [1.82, 2.24) is 0 Å². The van der Waals surface area contributed by atoms with Crippen molar-refractivity contribution >= 4 is 29.8 Å². The molecule has 3 aromatic carbocycles. The van der Waals surface area contributed by atoms with Gasteiger partial charge in [-0.15, -0.1) is 0 Å². The first-order valence-corrected chi connectivity index (χ1v) is 10.6. The van der Waals surface area contributed by atoms with E-state index in [-0.39, 0.29) is 12.0 Å². The minimum Gasteiger partial charge on any atom is -0.484 e. The van der Waals surface area contributed by atoms with Crippen LogP contribution in [-0.2, 0) is 4.65 Å². The smallest absolute Gasteiger partial charge is 0.309 e. The molecule has 0 saturated heterocycles. The minimum atomic E-state index is -0.938. The predicted molar refractivity (Wildman–Crippen MR) is 124 cm³/mol. The van der Waals surface area contributed by atoms with E-state index in [1.165, 1.54) is 27.5 Å². The molecule has 0 fully saturated rings. The Bertz CT molecular complexity index is 1160. The van der Waals surface area contributed by atoms with Gasteiger partial charge in [0.15, 0.2) is 0 Å². The summed E-state index contributed by atoms with van der Waals surface area (Å²) in [5.41, 5.74) is 3.20. The third-order valence-electron chi connectivity index (χ3n) is 6.90. The highest BCUT2D eigenvalue weighted by atomic mass is 16.5. The summed E-state index contributed by atoms with van der Waals surface area (Å²) in [6.07, 6.45) is 4.45. The molecule has 3 nitrogen and oxygen atoms in total. The second-order valence-corrected chi connectivity index (χ2v) is 9.40. The molecule has 1 heterocycles. The minimum absolute atomic E-state index is 0.0328. The molecule has 2 unspecified atom stereocenters. The third-order valence-corrected chi connectivity index (χ3v) is 6.90. The van der Waals surface area contributed by atoms with Crippen LogP contribution in [-0.4, -0.2) is 23.8 Å². The van der Waals surface area contributed by atoms with E-state index in [0.717, 1.165) is 11.2 Å². The van der Waals surface area contributed by atoms with E-state index in [1.807, 2.05) is 19.9 Å². The van der Waals surface area contributed by atoms with Gasteiger partial charge in [0.25, 0.3) is 0 Å². The van der Waals surface area contributed by atoms with E-state index in [4.69, 9.17) is 9.39 Å². The fraction of sp³-hybridized carbons (Fsp3) is 0.308. The van der Waals surface area contributed by atoms with Crippen molar-refractivity contribution in [2.24, 2.45) is 0 Å². The van der Waals surface area contributed by atoms with Gasteiger partial charge >= 0.3 is 7.48 Å². The van der Waals surface area contributed by atoms with E-state index < -0.39 is 11.2 Å². The van der Waals surface area contributed by atoms with Gasteiger partial charge in [-0.1, -0.05) is 60.7 Å². The molecular weight excluding hydrogens is 371 g/mol. The Morgan fingerprint density at radius 3 is 2.53 bits per heavy atom. The highest BCUT2D eigenvalue weighted by Gasteiger charge is 2.41. The monoisotopic (exact) mass is 398 g/mol. The molecule has 2 atom stereocenters. The summed E-state index contributed by atoms with van der Waals surface area (Å²) in [6.45, 7) is 7.43. The van der Waals surface area contributed by atoms with Crippen LogP contribution in [0.4, 0.5) is 0 Å². The molecule has 5 rings (SSSR count). The van der Waals surface area contributed by atoms with Crippen LogP contribution < -0.4 is 10.2 Å². The maximum atomic E-state index is 10.5. The highest BCUT2D eigenvalue weighted by molar-refractivity contribution is 6.48. The normalized spacial score (nSPS) is 19.8. The van der Waals surface area contributed by atoms with Crippen molar-refractivity contribution in [3.05, 3.63) is 77.4 Å². The molecule has 3 aromatic rings. The molecule has 4 heteroatoms. The van der Waals surface area contributed by atoms with Gasteiger partial charge in [-0.05, 0) is 55.6 Å². The quantitative estimate of drug-likeness (QED) is 0.652. The SMILES string of the molecule is CC(C)(O)C(C)(C)OBc1cccc2c1C1C=Cc3ccc4ccccc4c3C1O2. The molecule has 0 aromatic heterocycles. The molecule has 30 heavy (non-hydrogen) atoms.